The molecule has 0 N–H and O–H groups in total. The molecule has 0 aromatic heterocycles. The van der Waals surface area contributed by atoms with Crippen LogP contribution >= 0.6 is 18.6 Å². The van der Waals surface area contributed by atoms with Crippen molar-refractivity contribution in [2.75, 3.05) is 0 Å². The molecule has 0 aromatic carbocycles. The van der Waals surface area contributed by atoms with E-state index in [0.717, 1.165) is 12.8 Å². The quantitative estimate of drug-likeness (QED) is 0.553. The van der Waals surface area contributed by atoms with E-state index in [4.69, 9.17) is 18.6 Å². The van der Waals surface area contributed by atoms with Crippen LogP contribution in [0.3, 0.4) is 0 Å². The monoisotopic (exact) mass is 264 g/mol. The van der Waals surface area contributed by atoms with Crippen LogP contribution in [0.15, 0.2) is 48.1 Å². The van der Waals surface area contributed by atoms with Gasteiger partial charge in [-0.3, -0.25) is 0 Å². The molecule has 0 atom stereocenters. The molecule has 0 fully saturated rings. The molecule has 0 aromatic rings. The minimum atomic E-state index is -0.556. The second-order valence-corrected chi connectivity index (χ2v) is 5.33. The first-order valence-electron chi connectivity index (χ1n) is 4.42. The van der Waals surface area contributed by atoms with Crippen LogP contribution in [0.25, 0.3) is 0 Å². The van der Waals surface area contributed by atoms with Crippen LogP contribution in [0.2, 0.25) is 0 Å². The summed E-state index contributed by atoms with van der Waals surface area (Å²) in [5.74, 6) is 0. The Hall–Kier alpha value is 0.254. The standard InChI is InChI=1S/C6H8.C5H6.2ClH.Ti/c1-6-4-2-3-5-6;1-2-4-5-3-1;;;/h2,4-5H,3H2,1H3;1-4H,5H2;2*1H;/q;;;;+2/p-2. The topological polar surface area (TPSA) is 0 Å². The van der Waals surface area contributed by atoms with Gasteiger partial charge in [0.2, 0.25) is 0 Å². The Labute approximate surface area is 103 Å². The average molecular weight is 265 g/mol. The minimum absolute atomic E-state index is 0.556. The zero-order valence-electron chi connectivity index (χ0n) is 8.21. The second-order valence-electron chi connectivity index (χ2n) is 2.75. The Balaban J connectivity index is 0.000000193. The zero-order valence-corrected chi connectivity index (χ0v) is 11.3. The van der Waals surface area contributed by atoms with Gasteiger partial charge >= 0.3 is 35.6 Å². The van der Waals surface area contributed by atoms with E-state index in [2.05, 4.69) is 49.5 Å². The van der Waals surface area contributed by atoms with Crippen molar-refractivity contribution in [3.8, 4) is 0 Å². The molecular formula is C11H14Cl2Ti. The van der Waals surface area contributed by atoms with E-state index in [-0.39, 0.29) is 0 Å². The van der Waals surface area contributed by atoms with Crippen LogP contribution in [-0.4, -0.2) is 0 Å². The molecule has 2 aliphatic carbocycles. The van der Waals surface area contributed by atoms with Crippen molar-refractivity contribution in [2.24, 2.45) is 0 Å². The molecule has 0 radical (unpaired) electrons. The first-order chi connectivity index (χ1) is 6.81. The van der Waals surface area contributed by atoms with Gasteiger partial charge in [0.15, 0.2) is 0 Å². The van der Waals surface area contributed by atoms with E-state index in [9.17, 15) is 0 Å². The van der Waals surface area contributed by atoms with E-state index in [0.29, 0.717) is 0 Å². The maximum atomic E-state index is 4.89. The summed E-state index contributed by atoms with van der Waals surface area (Å²) in [6, 6.07) is 0. The number of rotatable bonds is 0. The Morgan fingerprint density at radius 1 is 1.07 bits per heavy atom. The Bertz CT molecular complexity index is 227. The van der Waals surface area contributed by atoms with Gasteiger partial charge in [0.1, 0.15) is 0 Å². The Kier molecular flexibility index (Phi) is 11.5. The van der Waals surface area contributed by atoms with Gasteiger partial charge in [-0.15, -0.1) is 0 Å². The molecule has 0 amide bonds. The molecule has 76 valence electrons. The van der Waals surface area contributed by atoms with Crippen LogP contribution in [0.5, 0.6) is 0 Å². The third kappa shape index (κ3) is 10.3. The van der Waals surface area contributed by atoms with Crippen LogP contribution in [0.4, 0.5) is 0 Å². The van der Waals surface area contributed by atoms with Gasteiger partial charge in [0, 0.05) is 0 Å². The maximum absolute atomic E-state index is 4.89. The van der Waals surface area contributed by atoms with E-state index < -0.39 is 17.0 Å². The summed E-state index contributed by atoms with van der Waals surface area (Å²) in [6.07, 6.45) is 17.2. The summed E-state index contributed by atoms with van der Waals surface area (Å²) in [5.41, 5.74) is 1.40. The molecule has 3 heteroatoms. The molecule has 2 aliphatic rings. The van der Waals surface area contributed by atoms with Gasteiger partial charge in [-0.1, -0.05) is 48.1 Å². The normalized spacial score (nSPS) is 15.2. The number of hydrogen-bond donors (Lipinski definition) is 0. The van der Waals surface area contributed by atoms with Gasteiger partial charge in [-0.2, -0.15) is 0 Å². The SMILES string of the molecule is C1=CCC=C1.CC1=CCC=C1.[Cl][Ti][Cl]. The van der Waals surface area contributed by atoms with Crippen molar-refractivity contribution in [3.63, 3.8) is 0 Å². The van der Waals surface area contributed by atoms with Crippen LogP contribution in [0.1, 0.15) is 19.8 Å². The molecule has 0 bridgehead atoms. The van der Waals surface area contributed by atoms with Crippen molar-refractivity contribution in [1.82, 2.24) is 0 Å². The molecule has 0 saturated carbocycles. The van der Waals surface area contributed by atoms with Crippen molar-refractivity contribution in [3.05, 3.63) is 48.1 Å². The molecule has 0 nitrogen and oxygen atoms in total. The first kappa shape index (κ1) is 14.3. The van der Waals surface area contributed by atoms with Crippen molar-refractivity contribution >= 4 is 18.6 Å². The first-order valence-corrected chi connectivity index (χ1v) is 8.72. The zero-order chi connectivity index (χ0) is 10.6. The number of halogens is 2. The summed E-state index contributed by atoms with van der Waals surface area (Å²) >= 11 is -0.556. The van der Waals surface area contributed by atoms with Crippen molar-refractivity contribution < 1.29 is 17.0 Å². The number of allylic oxidation sites excluding steroid dienone is 8. The van der Waals surface area contributed by atoms with Crippen LogP contribution in [-0.2, 0) is 17.0 Å². The fourth-order valence-corrected chi connectivity index (χ4v) is 0.969. The van der Waals surface area contributed by atoms with Gasteiger partial charge in [-0.05, 0) is 19.8 Å². The van der Waals surface area contributed by atoms with Gasteiger partial charge in [0.25, 0.3) is 0 Å². The number of hydrogen-bond acceptors (Lipinski definition) is 0. The third-order valence-corrected chi connectivity index (χ3v) is 1.61. The molecule has 0 aliphatic heterocycles. The molecule has 0 spiro atoms. The average Bonchev–Trinajstić information content (AvgIpc) is 2.78. The summed E-state index contributed by atoms with van der Waals surface area (Å²) in [4.78, 5) is 0. The van der Waals surface area contributed by atoms with E-state index in [1.807, 2.05) is 0 Å². The van der Waals surface area contributed by atoms with Crippen molar-refractivity contribution in [1.29, 1.82) is 0 Å². The van der Waals surface area contributed by atoms with Gasteiger partial charge in [-0.25, -0.2) is 0 Å². The van der Waals surface area contributed by atoms with E-state index in [1.54, 1.807) is 0 Å². The Morgan fingerprint density at radius 3 is 1.79 bits per heavy atom. The molecular weight excluding hydrogens is 251 g/mol. The van der Waals surface area contributed by atoms with Gasteiger partial charge < -0.3 is 0 Å². The summed E-state index contributed by atoms with van der Waals surface area (Å²) in [6.45, 7) is 2.11. The molecule has 0 unspecified atom stereocenters. The summed E-state index contributed by atoms with van der Waals surface area (Å²) in [5, 5.41) is 0. The predicted octanol–water partition coefficient (Wildman–Crippen LogP) is 4.77. The third-order valence-electron chi connectivity index (χ3n) is 1.61. The molecule has 2 rings (SSSR count). The van der Waals surface area contributed by atoms with E-state index in [1.165, 1.54) is 5.57 Å². The Morgan fingerprint density at radius 2 is 1.64 bits per heavy atom. The van der Waals surface area contributed by atoms with Crippen LogP contribution in [0, 0.1) is 0 Å². The van der Waals surface area contributed by atoms with Crippen LogP contribution < -0.4 is 0 Å². The fraction of sp³-hybridized carbons (Fsp3) is 0.273. The summed E-state index contributed by atoms with van der Waals surface area (Å²) in [7, 11) is 9.78. The predicted molar refractivity (Wildman–Crippen MR) is 62.1 cm³/mol. The van der Waals surface area contributed by atoms with Gasteiger partial charge in [0.05, 0.1) is 0 Å². The second kappa shape index (κ2) is 11.3. The van der Waals surface area contributed by atoms with Crippen molar-refractivity contribution in [2.45, 2.75) is 19.8 Å². The molecule has 0 saturated heterocycles. The molecule has 0 heterocycles. The molecule has 14 heavy (non-hydrogen) atoms. The fourth-order valence-electron chi connectivity index (χ4n) is 0.969. The van der Waals surface area contributed by atoms with E-state index >= 15 is 0 Å². The summed E-state index contributed by atoms with van der Waals surface area (Å²) < 4.78 is 0.